The normalized spacial score (nSPS) is 11.4. The van der Waals surface area contributed by atoms with Gasteiger partial charge in [0.15, 0.2) is 0 Å². The average molecular weight is 439 g/mol. The molecule has 0 saturated carbocycles. The Balaban J connectivity index is 2.09. The second-order valence-corrected chi connectivity index (χ2v) is 7.57. The molecule has 0 aliphatic heterocycles. The molecule has 2 aromatic carbocycles. The van der Waals surface area contributed by atoms with E-state index in [4.69, 9.17) is 21.1 Å². The van der Waals surface area contributed by atoms with Crippen molar-refractivity contribution in [2.45, 2.75) is 32.7 Å². The fraction of sp³-hybridized carbons (Fsp3) is 0.280. The minimum Gasteiger partial charge on any atom is -0.497 e. The molecule has 0 aliphatic carbocycles. The van der Waals surface area contributed by atoms with Crippen LogP contribution < -0.4 is 4.74 Å². The summed E-state index contributed by atoms with van der Waals surface area (Å²) in [6.07, 6.45) is 6.57. The number of unbranched alkanes of at least 4 members (excludes halogenated alkanes) is 1. The lowest BCUT2D eigenvalue weighted by atomic mass is 10.0. The molecule has 6 heteroatoms. The SMILES string of the molecule is CCCCc1ncc(/C=C(/C(=O)OC)c2cccc(OC)c2)n1Cc1ccccc1Cl. The van der Waals surface area contributed by atoms with E-state index in [-0.39, 0.29) is 0 Å². The Morgan fingerprint density at radius 3 is 2.68 bits per heavy atom. The third kappa shape index (κ3) is 5.56. The first-order valence-electron chi connectivity index (χ1n) is 10.3. The number of hydrogen-bond donors (Lipinski definition) is 0. The van der Waals surface area contributed by atoms with E-state index < -0.39 is 5.97 Å². The predicted octanol–water partition coefficient (Wildman–Crippen LogP) is 5.65. The summed E-state index contributed by atoms with van der Waals surface area (Å²) in [5.41, 5.74) is 2.96. The van der Waals surface area contributed by atoms with Gasteiger partial charge in [0, 0.05) is 11.4 Å². The number of carbonyl (C=O) groups is 1. The molecule has 162 valence electrons. The van der Waals surface area contributed by atoms with Crippen LogP contribution in [-0.2, 0) is 22.5 Å². The molecule has 0 amide bonds. The van der Waals surface area contributed by atoms with Gasteiger partial charge < -0.3 is 14.0 Å². The van der Waals surface area contributed by atoms with E-state index in [1.807, 2.05) is 54.6 Å². The summed E-state index contributed by atoms with van der Waals surface area (Å²) in [5, 5.41) is 0.702. The summed E-state index contributed by atoms with van der Waals surface area (Å²) in [4.78, 5) is 17.3. The lowest BCUT2D eigenvalue weighted by molar-refractivity contribution is -0.133. The van der Waals surface area contributed by atoms with E-state index in [2.05, 4.69) is 16.5 Å². The van der Waals surface area contributed by atoms with Gasteiger partial charge in [0.1, 0.15) is 11.6 Å². The van der Waals surface area contributed by atoms with Crippen LogP contribution in [0.25, 0.3) is 11.6 Å². The molecule has 0 spiro atoms. The Kier molecular flexibility index (Phi) is 7.90. The molecule has 3 rings (SSSR count). The molecular formula is C25H27ClN2O3. The molecule has 0 saturated heterocycles. The highest BCUT2D eigenvalue weighted by Crippen LogP contribution is 2.26. The van der Waals surface area contributed by atoms with Crippen molar-refractivity contribution in [2.75, 3.05) is 14.2 Å². The van der Waals surface area contributed by atoms with Crippen LogP contribution in [0, 0.1) is 0 Å². The molecule has 0 bridgehead atoms. The maximum absolute atomic E-state index is 12.6. The predicted molar refractivity (Wildman–Crippen MR) is 124 cm³/mol. The van der Waals surface area contributed by atoms with Gasteiger partial charge in [0.05, 0.1) is 38.2 Å². The van der Waals surface area contributed by atoms with Gasteiger partial charge >= 0.3 is 5.97 Å². The first-order valence-corrected chi connectivity index (χ1v) is 10.7. The van der Waals surface area contributed by atoms with Crippen LogP contribution in [0.2, 0.25) is 5.02 Å². The Morgan fingerprint density at radius 1 is 1.16 bits per heavy atom. The van der Waals surface area contributed by atoms with E-state index in [1.165, 1.54) is 7.11 Å². The van der Waals surface area contributed by atoms with Gasteiger partial charge in [-0.2, -0.15) is 0 Å². The molecule has 1 aromatic heterocycles. The minimum absolute atomic E-state index is 0.422. The molecule has 5 nitrogen and oxygen atoms in total. The zero-order valence-corrected chi connectivity index (χ0v) is 18.9. The van der Waals surface area contributed by atoms with Crippen molar-refractivity contribution in [1.29, 1.82) is 0 Å². The van der Waals surface area contributed by atoms with E-state index in [1.54, 1.807) is 13.3 Å². The number of hydrogen-bond acceptors (Lipinski definition) is 4. The number of aromatic nitrogens is 2. The summed E-state index contributed by atoms with van der Waals surface area (Å²) in [6.45, 7) is 2.72. The summed E-state index contributed by atoms with van der Waals surface area (Å²) >= 11 is 6.42. The molecule has 1 heterocycles. The van der Waals surface area contributed by atoms with Gasteiger partial charge in [-0.1, -0.05) is 55.3 Å². The zero-order chi connectivity index (χ0) is 22.2. The topological polar surface area (TPSA) is 53.4 Å². The molecule has 0 atom stereocenters. The number of ether oxygens (including phenoxy) is 2. The Labute approximate surface area is 188 Å². The third-order valence-corrected chi connectivity index (χ3v) is 5.46. The maximum atomic E-state index is 12.6. The van der Waals surface area contributed by atoms with Crippen LogP contribution in [-0.4, -0.2) is 29.7 Å². The average Bonchev–Trinajstić information content (AvgIpc) is 3.18. The maximum Gasteiger partial charge on any atom is 0.338 e. The van der Waals surface area contributed by atoms with Crippen LogP contribution >= 0.6 is 11.6 Å². The number of rotatable bonds is 9. The second-order valence-electron chi connectivity index (χ2n) is 7.16. The van der Waals surface area contributed by atoms with Gasteiger partial charge in [-0.25, -0.2) is 9.78 Å². The number of esters is 1. The van der Waals surface area contributed by atoms with Crippen molar-refractivity contribution >= 4 is 29.2 Å². The number of imidazole rings is 1. The van der Waals surface area contributed by atoms with Gasteiger partial charge in [-0.15, -0.1) is 0 Å². The molecule has 3 aromatic rings. The van der Waals surface area contributed by atoms with E-state index in [0.29, 0.717) is 28.5 Å². The van der Waals surface area contributed by atoms with Crippen molar-refractivity contribution < 1.29 is 14.3 Å². The third-order valence-electron chi connectivity index (χ3n) is 5.09. The fourth-order valence-electron chi connectivity index (χ4n) is 3.37. The van der Waals surface area contributed by atoms with Crippen molar-refractivity contribution in [1.82, 2.24) is 9.55 Å². The van der Waals surface area contributed by atoms with Crippen molar-refractivity contribution in [2.24, 2.45) is 0 Å². The molecular weight excluding hydrogens is 412 g/mol. The van der Waals surface area contributed by atoms with E-state index in [0.717, 1.165) is 36.3 Å². The highest BCUT2D eigenvalue weighted by Gasteiger charge is 2.17. The second kappa shape index (κ2) is 10.8. The summed E-state index contributed by atoms with van der Waals surface area (Å²) in [7, 11) is 2.98. The summed E-state index contributed by atoms with van der Waals surface area (Å²) in [6, 6.07) is 15.1. The Hall–Kier alpha value is -3.05. The largest absolute Gasteiger partial charge is 0.497 e. The van der Waals surface area contributed by atoms with Crippen molar-refractivity contribution in [3.63, 3.8) is 0 Å². The van der Waals surface area contributed by atoms with Crippen molar-refractivity contribution in [3.05, 3.63) is 82.4 Å². The van der Waals surface area contributed by atoms with Crippen LogP contribution in [0.1, 0.15) is 42.4 Å². The lowest BCUT2D eigenvalue weighted by Crippen LogP contribution is -2.09. The number of methoxy groups -OCH3 is 2. The molecule has 0 N–H and O–H groups in total. The van der Waals surface area contributed by atoms with Crippen LogP contribution in [0.15, 0.2) is 54.7 Å². The van der Waals surface area contributed by atoms with Gasteiger partial charge in [-0.05, 0) is 41.8 Å². The highest BCUT2D eigenvalue weighted by molar-refractivity contribution is 6.31. The Bertz CT molecular complexity index is 1070. The number of benzene rings is 2. The smallest absolute Gasteiger partial charge is 0.338 e. The monoisotopic (exact) mass is 438 g/mol. The standard InChI is InChI=1S/C25H27ClN2O3/c1-4-5-13-24-27-16-20(28(24)17-19-9-6-7-12-23(19)26)15-22(25(29)31-3)18-10-8-11-21(14-18)30-2/h6-12,14-16H,4-5,13,17H2,1-3H3/b22-15+. The Morgan fingerprint density at radius 2 is 1.97 bits per heavy atom. The molecule has 31 heavy (non-hydrogen) atoms. The van der Waals surface area contributed by atoms with Gasteiger partial charge in [-0.3, -0.25) is 0 Å². The van der Waals surface area contributed by atoms with Gasteiger partial charge in [0.25, 0.3) is 0 Å². The van der Waals surface area contributed by atoms with Crippen molar-refractivity contribution in [3.8, 4) is 5.75 Å². The molecule has 0 aliphatic rings. The first-order chi connectivity index (χ1) is 15.1. The fourth-order valence-corrected chi connectivity index (χ4v) is 3.56. The highest BCUT2D eigenvalue weighted by atomic mass is 35.5. The molecule has 0 radical (unpaired) electrons. The van der Waals surface area contributed by atoms with Crippen LogP contribution in [0.5, 0.6) is 5.75 Å². The molecule has 0 unspecified atom stereocenters. The number of nitrogens with zero attached hydrogens (tertiary/aromatic N) is 2. The number of halogens is 1. The number of aryl methyl sites for hydroxylation is 1. The van der Waals surface area contributed by atoms with Crippen LogP contribution in [0.4, 0.5) is 0 Å². The van der Waals surface area contributed by atoms with Crippen LogP contribution in [0.3, 0.4) is 0 Å². The van der Waals surface area contributed by atoms with Gasteiger partial charge in [0.2, 0.25) is 0 Å². The quantitative estimate of drug-likeness (QED) is 0.320. The molecule has 0 fully saturated rings. The minimum atomic E-state index is -0.422. The number of carbonyl (C=O) groups excluding carboxylic acids is 1. The zero-order valence-electron chi connectivity index (χ0n) is 18.1. The van der Waals surface area contributed by atoms with E-state index >= 15 is 0 Å². The summed E-state index contributed by atoms with van der Waals surface area (Å²) in [5.74, 6) is 1.21. The lowest BCUT2D eigenvalue weighted by Gasteiger charge is -2.13. The van der Waals surface area contributed by atoms with E-state index in [9.17, 15) is 4.79 Å². The summed E-state index contributed by atoms with van der Waals surface area (Å²) < 4.78 is 12.5. The first kappa shape index (κ1) is 22.6.